The molecule has 2 aromatic rings. The van der Waals surface area contributed by atoms with Crippen LogP contribution in [0.15, 0.2) is 34.1 Å². The van der Waals surface area contributed by atoms with Crippen molar-refractivity contribution in [3.05, 3.63) is 50.1 Å². The average Bonchev–Trinajstić information content (AvgIpc) is 2.75. The average molecular weight is 325 g/mol. The monoisotopic (exact) mass is 324 g/mol. The fraction of sp³-hybridized carbons (Fsp3) is 0.214. The molecule has 0 bridgehead atoms. The Morgan fingerprint density at radius 2 is 2.17 bits per heavy atom. The molecule has 0 atom stereocenters. The van der Waals surface area contributed by atoms with Gasteiger partial charge in [-0.2, -0.15) is 0 Å². The lowest BCUT2D eigenvalue weighted by atomic mass is 10.0. The quantitative estimate of drug-likeness (QED) is 0.786. The predicted octanol–water partition coefficient (Wildman–Crippen LogP) is 4.25. The van der Waals surface area contributed by atoms with Crippen molar-refractivity contribution in [2.75, 3.05) is 7.11 Å². The lowest BCUT2D eigenvalue weighted by Gasteiger charge is -2.06. The van der Waals surface area contributed by atoms with E-state index in [2.05, 4.69) is 15.9 Å². The molecule has 0 spiro atoms. The van der Waals surface area contributed by atoms with E-state index in [9.17, 15) is 4.79 Å². The Morgan fingerprint density at radius 3 is 2.72 bits per heavy atom. The third-order valence-corrected chi connectivity index (χ3v) is 4.66. The molecule has 0 radical (unpaired) electrons. The number of benzene rings is 1. The maximum absolute atomic E-state index is 12.2. The zero-order valence-corrected chi connectivity index (χ0v) is 12.6. The predicted molar refractivity (Wildman–Crippen MR) is 77.8 cm³/mol. The van der Waals surface area contributed by atoms with Crippen LogP contribution >= 0.6 is 27.3 Å². The largest absolute Gasteiger partial charge is 0.496 e. The Kier molecular flexibility index (Phi) is 4.19. The van der Waals surface area contributed by atoms with Crippen molar-refractivity contribution in [1.82, 2.24) is 0 Å². The molecule has 2 nitrogen and oxygen atoms in total. The van der Waals surface area contributed by atoms with Crippen LogP contribution in [-0.2, 0) is 6.42 Å². The molecule has 0 aliphatic rings. The molecule has 0 saturated carbocycles. The Labute approximate surface area is 119 Å². The van der Waals surface area contributed by atoms with Crippen molar-refractivity contribution in [3.8, 4) is 5.75 Å². The summed E-state index contributed by atoms with van der Waals surface area (Å²) in [6.07, 6.45) is 0.435. The minimum absolute atomic E-state index is 0.129. The molecule has 0 aliphatic heterocycles. The zero-order valence-electron chi connectivity index (χ0n) is 10.2. The number of carbonyl (C=O) groups is 1. The normalized spacial score (nSPS) is 10.4. The first-order valence-corrected chi connectivity index (χ1v) is 7.19. The number of methoxy groups -OCH3 is 1. The van der Waals surface area contributed by atoms with Gasteiger partial charge >= 0.3 is 0 Å². The standard InChI is InChI=1S/C14H13BrO2S/c1-9-7-10(3-4-13(9)17-2)12(16)8-14-11(15)5-6-18-14/h3-7H,8H2,1-2H3. The van der Waals surface area contributed by atoms with Crippen LogP contribution < -0.4 is 4.74 Å². The van der Waals surface area contributed by atoms with Crippen LogP contribution in [0.3, 0.4) is 0 Å². The number of hydrogen-bond donors (Lipinski definition) is 0. The van der Waals surface area contributed by atoms with Gasteiger partial charge in [-0.15, -0.1) is 11.3 Å². The van der Waals surface area contributed by atoms with Crippen molar-refractivity contribution in [3.63, 3.8) is 0 Å². The number of aryl methyl sites for hydroxylation is 1. The van der Waals surface area contributed by atoms with Gasteiger partial charge in [0.25, 0.3) is 0 Å². The SMILES string of the molecule is COc1ccc(C(=O)Cc2sccc2Br)cc1C. The first-order valence-electron chi connectivity index (χ1n) is 5.51. The summed E-state index contributed by atoms with van der Waals surface area (Å²) in [5.41, 5.74) is 1.71. The Balaban J connectivity index is 2.19. The van der Waals surface area contributed by atoms with Crippen molar-refractivity contribution < 1.29 is 9.53 Å². The number of carbonyl (C=O) groups excluding carboxylic acids is 1. The van der Waals surface area contributed by atoms with Crippen LogP contribution in [0, 0.1) is 6.92 Å². The minimum Gasteiger partial charge on any atom is -0.496 e. The highest BCUT2D eigenvalue weighted by molar-refractivity contribution is 9.10. The molecule has 0 aliphatic carbocycles. The Bertz CT molecular complexity index is 575. The van der Waals surface area contributed by atoms with Gasteiger partial charge in [-0.25, -0.2) is 0 Å². The Hall–Kier alpha value is -1.13. The van der Waals surface area contributed by atoms with Gasteiger partial charge in [0.05, 0.1) is 7.11 Å². The van der Waals surface area contributed by atoms with Crippen LogP contribution in [0.2, 0.25) is 0 Å². The number of rotatable bonds is 4. The molecule has 94 valence electrons. The van der Waals surface area contributed by atoms with Crippen LogP contribution in [0.25, 0.3) is 0 Å². The first-order chi connectivity index (χ1) is 8.61. The smallest absolute Gasteiger partial charge is 0.168 e. The minimum atomic E-state index is 0.129. The lowest BCUT2D eigenvalue weighted by Crippen LogP contribution is -2.03. The number of ether oxygens (including phenoxy) is 1. The molecule has 0 amide bonds. The van der Waals surface area contributed by atoms with Gasteiger partial charge < -0.3 is 4.74 Å². The summed E-state index contributed by atoms with van der Waals surface area (Å²) >= 11 is 5.03. The van der Waals surface area contributed by atoms with Crippen molar-refractivity contribution in [2.24, 2.45) is 0 Å². The summed E-state index contributed by atoms with van der Waals surface area (Å²) in [6, 6.07) is 7.50. The first kappa shape index (κ1) is 13.3. The zero-order chi connectivity index (χ0) is 13.1. The Morgan fingerprint density at radius 1 is 1.39 bits per heavy atom. The molecule has 0 N–H and O–H groups in total. The van der Waals surface area contributed by atoms with E-state index in [0.717, 1.165) is 26.2 Å². The van der Waals surface area contributed by atoms with Gasteiger partial charge in [0.15, 0.2) is 5.78 Å². The van der Waals surface area contributed by atoms with E-state index in [1.54, 1.807) is 18.4 Å². The molecule has 2 rings (SSSR count). The van der Waals surface area contributed by atoms with Gasteiger partial charge in [0.2, 0.25) is 0 Å². The highest BCUT2D eigenvalue weighted by Gasteiger charge is 2.11. The number of Topliss-reactive ketones (excluding diaryl/α,β-unsaturated/α-hetero) is 1. The van der Waals surface area contributed by atoms with Crippen molar-refractivity contribution in [2.45, 2.75) is 13.3 Å². The molecule has 0 saturated heterocycles. The van der Waals surface area contributed by atoms with Crippen molar-refractivity contribution in [1.29, 1.82) is 0 Å². The number of thiophene rings is 1. The molecule has 18 heavy (non-hydrogen) atoms. The molecule has 4 heteroatoms. The van der Waals surface area contributed by atoms with Gasteiger partial charge in [-0.05, 0) is 58.1 Å². The lowest BCUT2D eigenvalue weighted by molar-refractivity contribution is 0.0993. The summed E-state index contributed by atoms with van der Waals surface area (Å²) in [4.78, 5) is 13.2. The maximum Gasteiger partial charge on any atom is 0.168 e. The molecule has 0 fully saturated rings. The highest BCUT2D eigenvalue weighted by Crippen LogP contribution is 2.25. The summed E-state index contributed by atoms with van der Waals surface area (Å²) in [6.45, 7) is 1.94. The molecule has 1 aromatic carbocycles. The second kappa shape index (κ2) is 5.67. The third-order valence-electron chi connectivity index (χ3n) is 2.73. The molecule has 0 unspecified atom stereocenters. The van der Waals surface area contributed by atoms with Gasteiger partial charge in [0, 0.05) is 21.3 Å². The van der Waals surface area contributed by atoms with Crippen LogP contribution in [0.1, 0.15) is 20.8 Å². The second-order valence-corrected chi connectivity index (χ2v) is 5.83. The fourth-order valence-electron chi connectivity index (χ4n) is 1.75. The van der Waals surface area contributed by atoms with Gasteiger partial charge in [0.1, 0.15) is 5.75 Å². The summed E-state index contributed by atoms with van der Waals surface area (Å²) in [5.74, 6) is 0.938. The topological polar surface area (TPSA) is 26.3 Å². The molecular weight excluding hydrogens is 312 g/mol. The van der Waals surface area contributed by atoms with E-state index >= 15 is 0 Å². The molecule has 1 aromatic heterocycles. The number of halogens is 1. The maximum atomic E-state index is 12.2. The van der Waals surface area contributed by atoms with E-state index < -0.39 is 0 Å². The van der Waals surface area contributed by atoms with E-state index in [1.165, 1.54) is 0 Å². The molecular formula is C14H13BrO2S. The highest BCUT2D eigenvalue weighted by atomic mass is 79.9. The number of hydrogen-bond acceptors (Lipinski definition) is 3. The van der Waals surface area contributed by atoms with E-state index in [4.69, 9.17) is 4.74 Å². The fourth-order valence-corrected chi connectivity index (χ4v) is 3.24. The summed E-state index contributed by atoms with van der Waals surface area (Å²) in [7, 11) is 1.63. The van der Waals surface area contributed by atoms with E-state index in [1.807, 2.05) is 36.6 Å². The number of ketones is 1. The second-order valence-electron chi connectivity index (χ2n) is 3.98. The van der Waals surface area contributed by atoms with Gasteiger partial charge in [-0.3, -0.25) is 4.79 Å². The molecule has 1 heterocycles. The van der Waals surface area contributed by atoms with Gasteiger partial charge in [-0.1, -0.05) is 0 Å². The van der Waals surface area contributed by atoms with E-state index in [-0.39, 0.29) is 5.78 Å². The van der Waals surface area contributed by atoms with Crippen molar-refractivity contribution >= 4 is 33.0 Å². The van der Waals surface area contributed by atoms with Crippen LogP contribution in [-0.4, -0.2) is 12.9 Å². The third kappa shape index (κ3) is 2.82. The van der Waals surface area contributed by atoms with E-state index in [0.29, 0.717) is 6.42 Å². The van der Waals surface area contributed by atoms with Crippen LogP contribution in [0.5, 0.6) is 5.75 Å². The summed E-state index contributed by atoms with van der Waals surface area (Å²) < 4.78 is 6.19. The summed E-state index contributed by atoms with van der Waals surface area (Å²) in [5, 5.41) is 1.98. The van der Waals surface area contributed by atoms with Crippen LogP contribution in [0.4, 0.5) is 0 Å².